The van der Waals surface area contributed by atoms with Crippen LogP contribution in [0.25, 0.3) is 21.7 Å². The van der Waals surface area contributed by atoms with Crippen molar-refractivity contribution >= 4 is 45.6 Å². The SMILES string of the molecule is Cl.c1ccc(COc2ccc(Nc3ncnc4cc5ccccc5cc34)cc2)cc1. The monoisotopic (exact) mass is 413 g/mol. The number of halogens is 1. The third-order valence-electron chi connectivity index (χ3n) is 4.87. The molecule has 0 saturated heterocycles. The highest BCUT2D eigenvalue weighted by Crippen LogP contribution is 2.28. The van der Waals surface area contributed by atoms with E-state index >= 15 is 0 Å². The lowest BCUT2D eigenvalue weighted by atomic mass is 10.1. The van der Waals surface area contributed by atoms with Crippen molar-refractivity contribution in [1.29, 1.82) is 0 Å². The van der Waals surface area contributed by atoms with E-state index in [2.05, 4.69) is 51.7 Å². The lowest BCUT2D eigenvalue weighted by molar-refractivity contribution is 0.306. The Bertz CT molecular complexity index is 1270. The molecule has 0 radical (unpaired) electrons. The van der Waals surface area contributed by atoms with Gasteiger partial charge in [-0.25, -0.2) is 9.97 Å². The van der Waals surface area contributed by atoms with E-state index in [1.54, 1.807) is 6.33 Å². The third kappa shape index (κ3) is 4.19. The highest BCUT2D eigenvalue weighted by molar-refractivity contribution is 6.01. The van der Waals surface area contributed by atoms with Crippen LogP contribution < -0.4 is 10.1 Å². The summed E-state index contributed by atoms with van der Waals surface area (Å²) in [4.78, 5) is 8.88. The molecule has 0 aliphatic carbocycles. The number of nitrogens with zero attached hydrogens (tertiary/aromatic N) is 2. The van der Waals surface area contributed by atoms with Crippen LogP contribution in [0, 0.1) is 0 Å². The molecule has 4 nitrogen and oxygen atoms in total. The van der Waals surface area contributed by atoms with E-state index in [0.29, 0.717) is 6.61 Å². The summed E-state index contributed by atoms with van der Waals surface area (Å²) in [5, 5.41) is 6.74. The first-order valence-corrected chi connectivity index (χ1v) is 9.52. The fourth-order valence-corrected chi connectivity index (χ4v) is 3.35. The van der Waals surface area contributed by atoms with Crippen LogP contribution >= 0.6 is 12.4 Å². The van der Waals surface area contributed by atoms with Crippen molar-refractivity contribution < 1.29 is 4.74 Å². The second-order valence-electron chi connectivity index (χ2n) is 6.86. The first kappa shape index (κ1) is 19.7. The average Bonchev–Trinajstić information content (AvgIpc) is 2.78. The summed E-state index contributed by atoms with van der Waals surface area (Å²) in [6.45, 7) is 0.553. The lowest BCUT2D eigenvalue weighted by Crippen LogP contribution is -1.97. The van der Waals surface area contributed by atoms with Gasteiger partial charge in [0.25, 0.3) is 0 Å². The number of nitrogens with one attached hydrogen (secondary N) is 1. The molecular weight excluding hydrogens is 394 g/mol. The Morgan fingerprint density at radius 3 is 2.20 bits per heavy atom. The van der Waals surface area contributed by atoms with Gasteiger partial charge in [-0.3, -0.25) is 0 Å². The fourth-order valence-electron chi connectivity index (χ4n) is 3.35. The molecule has 5 heteroatoms. The number of anilines is 2. The van der Waals surface area contributed by atoms with Crippen LogP contribution in [0.1, 0.15) is 5.56 Å². The zero-order chi connectivity index (χ0) is 19.5. The van der Waals surface area contributed by atoms with Gasteiger partial charge in [-0.05, 0) is 52.7 Å². The number of rotatable bonds is 5. The summed E-state index contributed by atoms with van der Waals surface area (Å²) in [5.74, 6) is 1.62. The molecule has 0 unspecified atom stereocenters. The van der Waals surface area contributed by atoms with Crippen LogP contribution in [0.15, 0.2) is 97.3 Å². The van der Waals surface area contributed by atoms with E-state index in [9.17, 15) is 0 Å². The first-order valence-electron chi connectivity index (χ1n) is 9.52. The molecule has 0 aliphatic rings. The molecule has 5 rings (SSSR count). The molecule has 1 N–H and O–H groups in total. The number of aromatic nitrogens is 2. The minimum absolute atomic E-state index is 0. The maximum atomic E-state index is 5.86. The van der Waals surface area contributed by atoms with Crippen molar-refractivity contribution in [2.45, 2.75) is 6.61 Å². The molecule has 1 aromatic heterocycles. The Labute approximate surface area is 181 Å². The van der Waals surface area contributed by atoms with Crippen LogP contribution in [0.2, 0.25) is 0 Å². The predicted octanol–water partition coefficient (Wildman–Crippen LogP) is 6.53. The molecule has 0 atom stereocenters. The number of benzene rings is 4. The lowest BCUT2D eigenvalue weighted by Gasteiger charge is -2.11. The van der Waals surface area contributed by atoms with Gasteiger partial charge in [-0.1, -0.05) is 54.6 Å². The summed E-state index contributed by atoms with van der Waals surface area (Å²) >= 11 is 0. The highest BCUT2D eigenvalue weighted by Gasteiger charge is 2.06. The summed E-state index contributed by atoms with van der Waals surface area (Å²) in [5.41, 5.74) is 3.02. The number of fused-ring (bicyclic) bond motifs is 2. The van der Waals surface area contributed by atoms with Gasteiger partial charge in [-0.15, -0.1) is 12.4 Å². The Morgan fingerprint density at radius 1 is 0.733 bits per heavy atom. The molecule has 5 aromatic rings. The topological polar surface area (TPSA) is 47.0 Å². The fraction of sp³-hybridized carbons (Fsp3) is 0.0400. The second-order valence-corrected chi connectivity index (χ2v) is 6.86. The summed E-state index contributed by atoms with van der Waals surface area (Å²) in [6, 6.07) is 30.6. The largest absolute Gasteiger partial charge is 0.489 e. The first-order chi connectivity index (χ1) is 14.3. The van der Waals surface area contributed by atoms with E-state index in [-0.39, 0.29) is 12.4 Å². The molecule has 148 valence electrons. The third-order valence-corrected chi connectivity index (χ3v) is 4.87. The zero-order valence-electron chi connectivity index (χ0n) is 16.2. The standard InChI is InChI=1S/C25H19N3O.ClH/c1-2-6-18(7-3-1)16-29-22-12-10-21(11-13-22)28-25-23-14-19-8-4-5-9-20(19)15-24(23)26-17-27-25;/h1-15,17H,16H2,(H,26,27,28);1H. The van der Waals surface area contributed by atoms with Crippen molar-refractivity contribution in [1.82, 2.24) is 9.97 Å². The molecule has 30 heavy (non-hydrogen) atoms. The summed E-state index contributed by atoms with van der Waals surface area (Å²) in [7, 11) is 0. The Balaban J connectivity index is 0.00000218. The summed E-state index contributed by atoms with van der Waals surface area (Å²) < 4.78 is 5.86. The van der Waals surface area contributed by atoms with Crippen LogP contribution in [-0.2, 0) is 6.61 Å². The van der Waals surface area contributed by atoms with Gasteiger partial charge in [0.15, 0.2) is 0 Å². The molecular formula is C25H20ClN3O. The van der Waals surface area contributed by atoms with Crippen molar-refractivity contribution in [2.24, 2.45) is 0 Å². The Hall–Kier alpha value is -3.63. The number of hydrogen-bond donors (Lipinski definition) is 1. The minimum atomic E-state index is 0. The molecule has 1 heterocycles. The van der Waals surface area contributed by atoms with Gasteiger partial charge in [0.05, 0.1) is 5.52 Å². The van der Waals surface area contributed by atoms with Crippen LogP contribution in [0.5, 0.6) is 5.75 Å². The van der Waals surface area contributed by atoms with Crippen molar-refractivity contribution in [3.05, 3.63) is 103 Å². The van der Waals surface area contributed by atoms with Gasteiger partial charge in [0.2, 0.25) is 0 Å². The maximum absolute atomic E-state index is 5.86. The molecule has 0 saturated carbocycles. The van der Waals surface area contributed by atoms with Gasteiger partial charge in [0.1, 0.15) is 24.5 Å². The van der Waals surface area contributed by atoms with E-state index in [0.717, 1.165) is 33.7 Å². The average molecular weight is 414 g/mol. The predicted molar refractivity (Wildman–Crippen MR) is 125 cm³/mol. The highest BCUT2D eigenvalue weighted by atomic mass is 35.5. The molecule has 0 spiro atoms. The number of ether oxygens (including phenoxy) is 1. The quantitative estimate of drug-likeness (QED) is 0.333. The van der Waals surface area contributed by atoms with Gasteiger partial charge in [-0.2, -0.15) is 0 Å². The molecule has 0 bridgehead atoms. The zero-order valence-corrected chi connectivity index (χ0v) is 17.0. The van der Waals surface area contributed by atoms with Gasteiger partial charge in [0, 0.05) is 11.1 Å². The molecule has 4 aromatic carbocycles. The minimum Gasteiger partial charge on any atom is -0.489 e. The van der Waals surface area contributed by atoms with E-state index < -0.39 is 0 Å². The van der Waals surface area contributed by atoms with Crippen LogP contribution in [-0.4, -0.2) is 9.97 Å². The molecule has 0 amide bonds. The normalized spacial score (nSPS) is 10.5. The molecule has 0 aliphatic heterocycles. The smallest absolute Gasteiger partial charge is 0.141 e. The maximum Gasteiger partial charge on any atom is 0.141 e. The van der Waals surface area contributed by atoms with E-state index in [4.69, 9.17) is 4.74 Å². The van der Waals surface area contributed by atoms with Crippen molar-refractivity contribution in [3.8, 4) is 5.75 Å². The van der Waals surface area contributed by atoms with Gasteiger partial charge >= 0.3 is 0 Å². The van der Waals surface area contributed by atoms with E-state index in [1.807, 2.05) is 54.6 Å². The van der Waals surface area contributed by atoms with Crippen LogP contribution in [0.3, 0.4) is 0 Å². The summed E-state index contributed by atoms with van der Waals surface area (Å²) in [6.07, 6.45) is 1.59. The Morgan fingerprint density at radius 2 is 1.43 bits per heavy atom. The van der Waals surface area contributed by atoms with Crippen molar-refractivity contribution in [2.75, 3.05) is 5.32 Å². The second kappa shape index (κ2) is 8.80. The van der Waals surface area contributed by atoms with Crippen LogP contribution in [0.4, 0.5) is 11.5 Å². The number of hydrogen-bond acceptors (Lipinski definition) is 4. The van der Waals surface area contributed by atoms with E-state index in [1.165, 1.54) is 10.8 Å². The van der Waals surface area contributed by atoms with Crippen molar-refractivity contribution in [3.63, 3.8) is 0 Å². The molecule has 0 fully saturated rings. The Kier molecular flexibility index (Phi) is 5.77. The van der Waals surface area contributed by atoms with Gasteiger partial charge < -0.3 is 10.1 Å².